The second kappa shape index (κ2) is 4.69. The molecule has 0 spiro atoms. The fourth-order valence-electron chi connectivity index (χ4n) is 2.19. The number of nitrogens with two attached hydrogens (primary N) is 1. The summed E-state index contributed by atoms with van der Waals surface area (Å²) < 4.78 is 46.6. The van der Waals surface area contributed by atoms with E-state index >= 15 is 0 Å². The second-order valence-electron chi connectivity index (χ2n) is 4.41. The first-order chi connectivity index (χ1) is 9.99. The second-order valence-corrected chi connectivity index (χ2v) is 4.41. The molecule has 0 aliphatic heterocycles. The van der Waals surface area contributed by atoms with E-state index in [-0.39, 0.29) is 22.9 Å². The van der Waals surface area contributed by atoms with Crippen LogP contribution in [-0.4, -0.2) is 16.7 Å². The smallest absolute Gasteiger partial charge is 0.205 e. The average molecular weight is 293 g/mol. The van der Waals surface area contributed by atoms with E-state index in [1.54, 1.807) is 0 Å². The Hall–Kier alpha value is -2.70. The van der Waals surface area contributed by atoms with Crippen molar-refractivity contribution in [3.8, 4) is 11.4 Å². The zero-order chi connectivity index (χ0) is 15.1. The lowest BCUT2D eigenvalue weighted by Gasteiger charge is -2.08. The molecule has 0 bridgehead atoms. The predicted molar refractivity (Wildman–Crippen MR) is 71.9 cm³/mol. The van der Waals surface area contributed by atoms with Gasteiger partial charge in [0.05, 0.1) is 23.8 Å². The summed E-state index contributed by atoms with van der Waals surface area (Å²) in [6.07, 6.45) is 0. The third-order valence-electron chi connectivity index (χ3n) is 3.06. The van der Waals surface area contributed by atoms with Gasteiger partial charge in [0.2, 0.25) is 5.95 Å². The molecular weight excluding hydrogens is 283 g/mol. The number of fused-ring (bicyclic) bond motifs is 1. The molecule has 0 amide bonds. The van der Waals surface area contributed by atoms with E-state index in [9.17, 15) is 13.2 Å². The molecule has 0 unspecified atom stereocenters. The Morgan fingerprint density at radius 3 is 2.33 bits per heavy atom. The van der Waals surface area contributed by atoms with Gasteiger partial charge in [-0.15, -0.1) is 0 Å². The average Bonchev–Trinajstić information content (AvgIpc) is 2.71. The number of imidazole rings is 1. The third kappa shape index (κ3) is 2.16. The summed E-state index contributed by atoms with van der Waals surface area (Å²) in [5.74, 6) is -2.12. The highest BCUT2D eigenvalue weighted by molar-refractivity contribution is 5.82. The Kier molecular flexibility index (Phi) is 2.97. The van der Waals surface area contributed by atoms with Gasteiger partial charge < -0.3 is 10.5 Å². The number of aromatic nitrogens is 2. The lowest BCUT2D eigenvalue weighted by Crippen LogP contribution is -2.02. The van der Waals surface area contributed by atoms with Crippen LogP contribution in [0.3, 0.4) is 0 Å². The molecule has 2 aromatic carbocycles. The normalized spacial score (nSPS) is 11.0. The van der Waals surface area contributed by atoms with Crippen LogP contribution in [0.25, 0.3) is 16.7 Å². The maximum absolute atomic E-state index is 13.7. The van der Waals surface area contributed by atoms with Crippen molar-refractivity contribution in [2.45, 2.75) is 0 Å². The molecule has 0 saturated heterocycles. The molecule has 0 aliphatic carbocycles. The monoisotopic (exact) mass is 293 g/mol. The van der Waals surface area contributed by atoms with Crippen molar-refractivity contribution < 1.29 is 17.9 Å². The Labute approximate surface area is 117 Å². The summed E-state index contributed by atoms with van der Waals surface area (Å²) in [6, 6.07) is 5.49. The summed E-state index contributed by atoms with van der Waals surface area (Å²) in [5, 5.41) is 0. The van der Waals surface area contributed by atoms with Crippen LogP contribution in [0, 0.1) is 17.5 Å². The number of anilines is 1. The highest BCUT2D eigenvalue weighted by Gasteiger charge is 2.15. The first-order valence-corrected chi connectivity index (χ1v) is 5.97. The molecule has 4 nitrogen and oxygen atoms in total. The number of hydrogen-bond acceptors (Lipinski definition) is 3. The molecule has 2 N–H and O–H groups in total. The molecule has 0 fully saturated rings. The summed E-state index contributed by atoms with van der Waals surface area (Å²) in [7, 11) is 1.32. The maximum Gasteiger partial charge on any atom is 0.205 e. The van der Waals surface area contributed by atoms with Crippen LogP contribution in [-0.2, 0) is 0 Å². The lowest BCUT2D eigenvalue weighted by atomic mass is 10.2. The fourth-order valence-corrected chi connectivity index (χ4v) is 2.19. The molecule has 0 aliphatic rings. The topological polar surface area (TPSA) is 53.1 Å². The number of hydrogen-bond donors (Lipinski definition) is 1. The van der Waals surface area contributed by atoms with Crippen LogP contribution in [0.4, 0.5) is 19.1 Å². The van der Waals surface area contributed by atoms with Crippen molar-refractivity contribution in [1.29, 1.82) is 0 Å². The van der Waals surface area contributed by atoms with Gasteiger partial charge in [0.25, 0.3) is 0 Å². The van der Waals surface area contributed by atoms with Gasteiger partial charge in [-0.3, -0.25) is 4.57 Å². The van der Waals surface area contributed by atoms with E-state index in [0.717, 1.165) is 24.3 Å². The predicted octanol–water partition coefficient (Wildman–Crippen LogP) is 3.03. The molecule has 108 valence electrons. The zero-order valence-corrected chi connectivity index (χ0v) is 10.9. The van der Waals surface area contributed by atoms with Crippen LogP contribution in [0.5, 0.6) is 5.75 Å². The largest absolute Gasteiger partial charge is 0.494 e. The number of nitrogen functional groups attached to an aromatic ring is 1. The van der Waals surface area contributed by atoms with Gasteiger partial charge in [0.15, 0.2) is 11.6 Å². The molecule has 0 radical (unpaired) electrons. The van der Waals surface area contributed by atoms with Crippen molar-refractivity contribution in [2.24, 2.45) is 0 Å². The molecule has 3 aromatic rings. The van der Waals surface area contributed by atoms with Gasteiger partial charge in [-0.05, 0) is 12.1 Å². The van der Waals surface area contributed by atoms with Gasteiger partial charge >= 0.3 is 0 Å². The minimum Gasteiger partial charge on any atom is -0.494 e. The van der Waals surface area contributed by atoms with Gasteiger partial charge in [0.1, 0.15) is 11.6 Å². The number of halogens is 3. The van der Waals surface area contributed by atoms with Gasteiger partial charge in [-0.1, -0.05) is 0 Å². The standard InChI is InChI=1S/C14H10F3N3O/c1-21-13-6-12-11(5-10(13)17)19-14(18)20(12)9-3-7(15)2-8(16)4-9/h2-6H,1H3,(H2,18,19). The van der Waals surface area contributed by atoms with Crippen LogP contribution in [0.15, 0.2) is 30.3 Å². The van der Waals surface area contributed by atoms with Gasteiger partial charge in [-0.2, -0.15) is 0 Å². The Morgan fingerprint density at radius 1 is 1.05 bits per heavy atom. The van der Waals surface area contributed by atoms with Crippen LogP contribution in [0.2, 0.25) is 0 Å². The molecule has 3 rings (SSSR count). The molecular formula is C14H10F3N3O. The van der Waals surface area contributed by atoms with Gasteiger partial charge in [0, 0.05) is 18.2 Å². The van der Waals surface area contributed by atoms with Crippen molar-refractivity contribution >= 4 is 17.0 Å². The number of methoxy groups -OCH3 is 1. The Morgan fingerprint density at radius 2 is 1.71 bits per heavy atom. The summed E-state index contributed by atoms with van der Waals surface area (Å²) >= 11 is 0. The number of rotatable bonds is 2. The van der Waals surface area contributed by atoms with Crippen molar-refractivity contribution in [2.75, 3.05) is 12.8 Å². The molecule has 0 atom stereocenters. The summed E-state index contributed by atoms with van der Waals surface area (Å²) in [4.78, 5) is 3.99. The quantitative estimate of drug-likeness (QED) is 0.790. The highest BCUT2D eigenvalue weighted by atomic mass is 19.1. The minimum atomic E-state index is -0.750. The van der Waals surface area contributed by atoms with E-state index < -0.39 is 17.5 Å². The number of ether oxygens (including phenoxy) is 1. The van der Waals surface area contributed by atoms with Crippen LogP contribution in [0.1, 0.15) is 0 Å². The van der Waals surface area contributed by atoms with E-state index in [2.05, 4.69) is 4.98 Å². The lowest BCUT2D eigenvalue weighted by molar-refractivity contribution is 0.387. The number of nitrogens with zero attached hydrogens (tertiary/aromatic N) is 2. The van der Waals surface area contributed by atoms with E-state index in [0.29, 0.717) is 5.52 Å². The van der Waals surface area contributed by atoms with E-state index in [1.807, 2.05) is 0 Å². The molecule has 1 heterocycles. The van der Waals surface area contributed by atoms with Crippen molar-refractivity contribution in [3.05, 3.63) is 47.8 Å². The maximum atomic E-state index is 13.7. The first-order valence-electron chi connectivity index (χ1n) is 5.97. The third-order valence-corrected chi connectivity index (χ3v) is 3.06. The van der Waals surface area contributed by atoms with Crippen molar-refractivity contribution in [3.63, 3.8) is 0 Å². The summed E-state index contributed by atoms with van der Waals surface area (Å²) in [6.45, 7) is 0. The SMILES string of the molecule is COc1cc2c(cc1F)nc(N)n2-c1cc(F)cc(F)c1. The van der Waals surface area contributed by atoms with Crippen LogP contribution < -0.4 is 10.5 Å². The van der Waals surface area contributed by atoms with Crippen molar-refractivity contribution in [1.82, 2.24) is 9.55 Å². The van der Waals surface area contributed by atoms with E-state index in [4.69, 9.17) is 10.5 Å². The minimum absolute atomic E-state index is 0.0114. The molecule has 21 heavy (non-hydrogen) atoms. The van der Waals surface area contributed by atoms with Crippen LogP contribution >= 0.6 is 0 Å². The first kappa shape index (κ1) is 13.3. The zero-order valence-electron chi connectivity index (χ0n) is 10.9. The van der Waals surface area contributed by atoms with Gasteiger partial charge in [-0.25, -0.2) is 18.2 Å². The Bertz CT molecular complexity index is 825. The molecule has 0 saturated carbocycles. The molecule has 1 aromatic heterocycles. The van der Waals surface area contributed by atoms with E-state index in [1.165, 1.54) is 17.7 Å². The fraction of sp³-hybridized carbons (Fsp3) is 0.0714. The Balaban J connectivity index is 2.33. The number of benzene rings is 2. The highest BCUT2D eigenvalue weighted by Crippen LogP contribution is 2.29. The summed E-state index contributed by atoms with van der Waals surface area (Å²) in [5.41, 5.74) is 6.57. The molecule has 7 heteroatoms.